The van der Waals surface area contributed by atoms with Crippen molar-refractivity contribution in [2.24, 2.45) is 0 Å². The Morgan fingerprint density at radius 2 is 1.59 bits per heavy atom. The highest BCUT2D eigenvalue weighted by atomic mass is 16.5. The number of hydrogen-bond donors (Lipinski definition) is 2. The van der Waals surface area contributed by atoms with Crippen molar-refractivity contribution < 1.29 is 14.3 Å². The van der Waals surface area contributed by atoms with Crippen LogP contribution in [0.15, 0.2) is 85.5 Å². The summed E-state index contributed by atoms with van der Waals surface area (Å²) in [6, 6.07) is 17.1. The van der Waals surface area contributed by atoms with Gasteiger partial charge in [-0.15, -0.1) is 0 Å². The van der Waals surface area contributed by atoms with Gasteiger partial charge in [-0.2, -0.15) is 0 Å². The second kappa shape index (κ2) is 10.5. The Bertz CT molecular complexity index is 1360. The lowest BCUT2D eigenvalue weighted by Gasteiger charge is -2.10. The van der Waals surface area contributed by atoms with Crippen LogP contribution in [-0.4, -0.2) is 34.1 Å². The minimum absolute atomic E-state index is 0.194. The Kier molecular flexibility index (Phi) is 6.86. The van der Waals surface area contributed by atoms with E-state index >= 15 is 0 Å². The summed E-state index contributed by atoms with van der Waals surface area (Å²) in [4.78, 5) is 37.1. The quantitative estimate of drug-likeness (QED) is 0.354. The summed E-state index contributed by atoms with van der Waals surface area (Å²) in [5.74, 6) is 5.79. The number of carbonyl (C=O) groups is 2. The van der Waals surface area contributed by atoms with E-state index in [1.807, 2.05) is 36.4 Å². The molecule has 1 aromatic carbocycles. The zero-order chi connectivity index (χ0) is 23.8. The average molecular weight is 449 g/mol. The van der Waals surface area contributed by atoms with E-state index in [2.05, 4.69) is 37.4 Å². The minimum Gasteiger partial charge on any atom is -0.465 e. The number of nitrogens with zero attached hydrogens (tertiary/aromatic N) is 3. The predicted octanol–water partition coefficient (Wildman–Crippen LogP) is 4.37. The van der Waals surface area contributed by atoms with Crippen molar-refractivity contribution in [3.63, 3.8) is 0 Å². The SMILES string of the molecule is COC(=O)c1cc(NC(=O)Nc2cccnc2)nc(-c2ccc(C#Cc3cccnc3)cc2)c1. The molecule has 2 amide bonds. The molecule has 0 saturated heterocycles. The number of urea groups is 1. The summed E-state index contributed by atoms with van der Waals surface area (Å²) in [6.07, 6.45) is 6.51. The fraction of sp³-hybridized carbons (Fsp3) is 0.0385. The van der Waals surface area contributed by atoms with Gasteiger partial charge < -0.3 is 10.1 Å². The van der Waals surface area contributed by atoms with Crippen LogP contribution in [0.4, 0.5) is 16.3 Å². The van der Waals surface area contributed by atoms with Crippen LogP contribution >= 0.6 is 0 Å². The molecule has 8 nitrogen and oxygen atoms in total. The smallest absolute Gasteiger partial charge is 0.338 e. The molecular weight excluding hydrogens is 430 g/mol. The van der Waals surface area contributed by atoms with Crippen molar-refractivity contribution in [3.05, 3.63) is 102 Å². The molecule has 0 aliphatic carbocycles. The van der Waals surface area contributed by atoms with Crippen LogP contribution < -0.4 is 10.6 Å². The summed E-state index contributed by atoms with van der Waals surface area (Å²) >= 11 is 0. The molecule has 4 rings (SSSR count). The van der Waals surface area contributed by atoms with Gasteiger partial charge in [0, 0.05) is 35.3 Å². The van der Waals surface area contributed by atoms with E-state index in [0.29, 0.717) is 11.4 Å². The first-order chi connectivity index (χ1) is 16.6. The van der Waals surface area contributed by atoms with Gasteiger partial charge in [0.25, 0.3) is 0 Å². The van der Waals surface area contributed by atoms with Crippen molar-refractivity contribution in [2.75, 3.05) is 17.7 Å². The van der Waals surface area contributed by atoms with Crippen molar-refractivity contribution >= 4 is 23.5 Å². The predicted molar refractivity (Wildman–Crippen MR) is 128 cm³/mol. The third kappa shape index (κ3) is 5.81. The van der Waals surface area contributed by atoms with Crippen LogP contribution in [0.5, 0.6) is 0 Å². The van der Waals surface area contributed by atoms with Crippen LogP contribution in [0, 0.1) is 11.8 Å². The fourth-order valence-electron chi connectivity index (χ4n) is 3.00. The van der Waals surface area contributed by atoms with Crippen LogP contribution in [0.25, 0.3) is 11.3 Å². The zero-order valence-electron chi connectivity index (χ0n) is 18.1. The third-order valence-electron chi connectivity index (χ3n) is 4.60. The lowest BCUT2D eigenvalue weighted by Crippen LogP contribution is -2.20. The van der Waals surface area contributed by atoms with Crippen molar-refractivity contribution in [2.45, 2.75) is 0 Å². The number of anilines is 2. The molecular formula is C26H19N5O3. The molecule has 3 aromatic heterocycles. The summed E-state index contributed by atoms with van der Waals surface area (Å²) in [5.41, 5.74) is 3.64. The molecule has 0 aliphatic heterocycles. The molecule has 0 atom stereocenters. The van der Waals surface area contributed by atoms with E-state index in [4.69, 9.17) is 4.74 Å². The number of ether oxygens (including phenoxy) is 1. The van der Waals surface area contributed by atoms with Crippen molar-refractivity contribution in [1.29, 1.82) is 0 Å². The monoisotopic (exact) mass is 449 g/mol. The maximum absolute atomic E-state index is 12.4. The van der Waals surface area contributed by atoms with Crippen molar-refractivity contribution in [1.82, 2.24) is 15.0 Å². The number of carbonyl (C=O) groups excluding carboxylic acids is 2. The van der Waals surface area contributed by atoms with Gasteiger partial charge in [-0.1, -0.05) is 24.0 Å². The van der Waals surface area contributed by atoms with Gasteiger partial charge in [0.2, 0.25) is 0 Å². The number of nitrogens with one attached hydrogen (secondary N) is 2. The van der Waals surface area contributed by atoms with Crippen molar-refractivity contribution in [3.8, 4) is 23.1 Å². The Morgan fingerprint density at radius 3 is 2.26 bits per heavy atom. The Balaban J connectivity index is 1.57. The van der Waals surface area contributed by atoms with E-state index in [1.54, 1.807) is 36.8 Å². The van der Waals surface area contributed by atoms with Gasteiger partial charge >= 0.3 is 12.0 Å². The first-order valence-electron chi connectivity index (χ1n) is 10.2. The van der Waals surface area contributed by atoms with Gasteiger partial charge in [-0.3, -0.25) is 15.3 Å². The van der Waals surface area contributed by atoms with Gasteiger partial charge in [0.1, 0.15) is 5.82 Å². The molecule has 3 heterocycles. The molecule has 166 valence electrons. The number of methoxy groups -OCH3 is 1. The first kappa shape index (κ1) is 22.2. The third-order valence-corrected chi connectivity index (χ3v) is 4.60. The minimum atomic E-state index is -0.543. The lowest BCUT2D eigenvalue weighted by atomic mass is 10.1. The van der Waals surface area contributed by atoms with E-state index in [-0.39, 0.29) is 11.4 Å². The molecule has 0 bridgehead atoms. The van der Waals surface area contributed by atoms with Crippen LogP contribution in [0.2, 0.25) is 0 Å². The lowest BCUT2D eigenvalue weighted by molar-refractivity contribution is 0.0600. The Hall–Kier alpha value is -5.03. The van der Waals surface area contributed by atoms with Gasteiger partial charge in [0.15, 0.2) is 0 Å². The number of benzene rings is 1. The maximum Gasteiger partial charge on any atom is 0.338 e. The highest BCUT2D eigenvalue weighted by Crippen LogP contribution is 2.22. The highest BCUT2D eigenvalue weighted by molar-refractivity contribution is 6.00. The highest BCUT2D eigenvalue weighted by Gasteiger charge is 2.13. The average Bonchev–Trinajstić information content (AvgIpc) is 2.88. The maximum atomic E-state index is 12.4. The summed E-state index contributed by atoms with van der Waals surface area (Å²) in [6.45, 7) is 0. The normalized spacial score (nSPS) is 9.91. The molecule has 0 aliphatic rings. The number of esters is 1. The molecule has 4 aromatic rings. The van der Waals surface area contributed by atoms with E-state index in [1.165, 1.54) is 19.4 Å². The number of rotatable bonds is 4. The summed E-state index contributed by atoms with van der Waals surface area (Å²) in [7, 11) is 1.29. The van der Waals surface area contributed by atoms with Crippen LogP contribution in [0.3, 0.4) is 0 Å². The molecule has 0 saturated carbocycles. The number of amides is 2. The second-order valence-electron chi connectivity index (χ2n) is 7.01. The van der Waals surface area contributed by atoms with Gasteiger partial charge in [0.05, 0.1) is 30.3 Å². The van der Waals surface area contributed by atoms with Gasteiger partial charge in [-0.05, 0) is 48.5 Å². The molecule has 2 N–H and O–H groups in total. The number of hydrogen-bond acceptors (Lipinski definition) is 6. The molecule has 0 spiro atoms. The van der Waals surface area contributed by atoms with E-state index in [0.717, 1.165) is 16.7 Å². The molecule has 0 fully saturated rings. The van der Waals surface area contributed by atoms with Crippen LogP contribution in [-0.2, 0) is 4.74 Å². The number of aromatic nitrogens is 3. The summed E-state index contributed by atoms with van der Waals surface area (Å²) in [5, 5.41) is 5.30. The largest absolute Gasteiger partial charge is 0.465 e. The zero-order valence-corrected chi connectivity index (χ0v) is 18.1. The molecule has 34 heavy (non-hydrogen) atoms. The fourth-order valence-corrected chi connectivity index (χ4v) is 3.00. The van der Waals surface area contributed by atoms with Crippen LogP contribution in [0.1, 0.15) is 21.5 Å². The Labute approximate surface area is 196 Å². The molecule has 0 radical (unpaired) electrons. The van der Waals surface area contributed by atoms with Gasteiger partial charge in [-0.25, -0.2) is 14.6 Å². The number of pyridine rings is 3. The Morgan fingerprint density at radius 1 is 0.853 bits per heavy atom. The van der Waals surface area contributed by atoms with E-state index < -0.39 is 12.0 Å². The topological polar surface area (TPSA) is 106 Å². The van der Waals surface area contributed by atoms with E-state index in [9.17, 15) is 9.59 Å². The molecule has 8 heteroatoms. The molecule has 0 unspecified atom stereocenters. The first-order valence-corrected chi connectivity index (χ1v) is 10.2. The standard InChI is InChI=1S/C26H19N5O3/c1-34-25(32)21-14-23(30-24(15-21)31-26(33)29-22-5-3-13-28-17-22)20-10-8-18(9-11-20)6-7-19-4-2-12-27-16-19/h2-5,8-17H,1H3,(H2,29,30,31,33). The summed E-state index contributed by atoms with van der Waals surface area (Å²) < 4.78 is 4.85. The second-order valence-corrected chi connectivity index (χ2v) is 7.01.